The number of nitrogens with zero attached hydrogens (tertiary/aromatic N) is 4. The van der Waals surface area contributed by atoms with Crippen molar-refractivity contribution in [3.05, 3.63) is 41.7 Å². The van der Waals surface area contributed by atoms with E-state index < -0.39 is 27.8 Å². The number of fused-ring (bicyclic) bond motifs is 1. The fourth-order valence-electron chi connectivity index (χ4n) is 3.66. The molecule has 1 saturated carbocycles. The van der Waals surface area contributed by atoms with Crippen LogP contribution in [0, 0.1) is 0 Å². The number of carbonyl (C=O) groups excluding carboxylic acids is 1. The number of aliphatic hydroxyl groups excluding tert-OH is 1. The molecule has 1 fully saturated rings. The van der Waals surface area contributed by atoms with Crippen molar-refractivity contribution in [1.82, 2.24) is 19.4 Å². The molecule has 1 aliphatic carbocycles. The van der Waals surface area contributed by atoms with Crippen LogP contribution in [0.15, 0.2) is 35.5 Å². The van der Waals surface area contributed by atoms with Crippen LogP contribution in [0.25, 0.3) is 0 Å². The SMILES string of the molecule is COCCN1c2ccc(S(=O)(=O)NC3(C)CC3)cc2C(=O)N(Cc2cnn(C)c2)C1O. The average Bonchev–Trinajstić information content (AvgIpc) is 3.28. The van der Waals surface area contributed by atoms with Gasteiger partial charge in [0.1, 0.15) is 0 Å². The van der Waals surface area contributed by atoms with Crippen LogP contribution in [-0.4, -0.2) is 66.3 Å². The molecule has 2 aliphatic rings. The molecule has 2 aromatic rings. The van der Waals surface area contributed by atoms with Gasteiger partial charge in [-0.25, -0.2) is 13.1 Å². The van der Waals surface area contributed by atoms with E-state index >= 15 is 0 Å². The van der Waals surface area contributed by atoms with Gasteiger partial charge in [-0.2, -0.15) is 5.10 Å². The largest absolute Gasteiger partial charge is 0.383 e. The number of aromatic nitrogens is 2. The highest BCUT2D eigenvalue weighted by Gasteiger charge is 2.42. The van der Waals surface area contributed by atoms with Crippen LogP contribution >= 0.6 is 0 Å². The highest BCUT2D eigenvalue weighted by atomic mass is 32.2. The fraction of sp³-hybridized carbons (Fsp3) is 0.500. The second kappa shape index (κ2) is 7.90. The van der Waals surface area contributed by atoms with Gasteiger partial charge in [-0.15, -0.1) is 0 Å². The van der Waals surface area contributed by atoms with E-state index in [4.69, 9.17) is 4.74 Å². The van der Waals surface area contributed by atoms with Gasteiger partial charge < -0.3 is 14.7 Å². The molecule has 31 heavy (non-hydrogen) atoms. The summed E-state index contributed by atoms with van der Waals surface area (Å²) in [5.74, 6) is -0.449. The first kappa shape index (κ1) is 21.8. The quantitative estimate of drug-likeness (QED) is 0.607. The Morgan fingerprint density at radius 1 is 1.32 bits per heavy atom. The minimum Gasteiger partial charge on any atom is -0.383 e. The Morgan fingerprint density at radius 3 is 2.68 bits per heavy atom. The van der Waals surface area contributed by atoms with Crippen LogP contribution in [-0.2, 0) is 28.4 Å². The van der Waals surface area contributed by atoms with Crippen LogP contribution in [0.5, 0.6) is 0 Å². The summed E-state index contributed by atoms with van der Waals surface area (Å²) in [5.41, 5.74) is 1.01. The lowest BCUT2D eigenvalue weighted by atomic mass is 10.1. The molecule has 0 saturated heterocycles. The number of amides is 1. The minimum atomic E-state index is -3.77. The Balaban J connectivity index is 1.71. The van der Waals surface area contributed by atoms with Crippen molar-refractivity contribution in [2.24, 2.45) is 7.05 Å². The monoisotopic (exact) mass is 449 g/mol. The summed E-state index contributed by atoms with van der Waals surface area (Å²) < 4.78 is 35.2. The van der Waals surface area contributed by atoms with Gasteiger partial charge in [0.05, 0.1) is 35.5 Å². The number of benzene rings is 1. The number of carbonyl (C=O) groups is 1. The number of methoxy groups -OCH3 is 1. The first-order chi connectivity index (χ1) is 14.6. The summed E-state index contributed by atoms with van der Waals surface area (Å²) in [6, 6.07) is 4.41. The Bertz CT molecular complexity index is 1100. The van der Waals surface area contributed by atoms with Crippen LogP contribution < -0.4 is 9.62 Å². The summed E-state index contributed by atoms with van der Waals surface area (Å²) in [7, 11) is -0.455. The number of hydrogen-bond donors (Lipinski definition) is 2. The molecule has 1 amide bonds. The van der Waals surface area contributed by atoms with Crippen molar-refractivity contribution in [2.45, 2.75) is 43.1 Å². The van der Waals surface area contributed by atoms with Gasteiger partial charge in [0.25, 0.3) is 5.91 Å². The molecule has 11 heteroatoms. The van der Waals surface area contributed by atoms with E-state index in [2.05, 4.69) is 9.82 Å². The predicted octanol–water partition coefficient (Wildman–Crippen LogP) is 0.636. The third-order valence-corrected chi connectivity index (χ3v) is 7.30. The molecule has 1 atom stereocenters. The highest BCUT2D eigenvalue weighted by Crippen LogP contribution is 2.37. The maximum atomic E-state index is 13.3. The van der Waals surface area contributed by atoms with Crippen molar-refractivity contribution in [2.75, 3.05) is 25.2 Å². The molecule has 0 bridgehead atoms. The van der Waals surface area contributed by atoms with Crippen LogP contribution in [0.1, 0.15) is 35.7 Å². The number of rotatable bonds is 8. The first-order valence-electron chi connectivity index (χ1n) is 10.0. The zero-order valence-corrected chi connectivity index (χ0v) is 18.6. The van der Waals surface area contributed by atoms with E-state index in [0.29, 0.717) is 18.8 Å². The maximum Gasteiger partial charge on any atom is 0.259 e. The standard InChI is InChI=1S/C20H27N5O5S/c1-20(6-7-20)22-31(28,29)15-4-5-17-16(10-15)18(26)25(13-14-11-21-23(2)12-14)19(27)24(17)8-9-30-3/h4-5,10-12,19,22,27H,6-9,13H2,1-3H3. The first-order valence-corrected chi connectivity index (χ1v) is 11.5. The molecule has 0 radical (unpaired) electrons. The molecule has 1 aromatic carbocycles. The van der Waals surface area contributed by atoms with Crippen molar-refractivity contribution in [3.63, 3.8) is 0 Å². The zero-order valence-electron chi connectivity index (χ0n) is 17.8. The Hall–Kier alpha value is -2.47. The van der Waals surface area contributed by atoms with Gasteiger partial charge >= 0.3 is 0 Å². The average molecular weight is 450 g/mol. The molecular weight excluding hydrogens is 422 g/mol. The van der Waals surface area contributed by atoms with Crippen molar-refractivity contribution >= 4 is 21.6 Å². The molecular formula is C20H27N5O5S. The summed E-state index contributed by atoms with van der Waals surface area (Å²) >= 11 is 0. The second-order valence-electron chi connectivity index (χ2n) is 8.33. The predicted molar refractivity (Wildman–Crippen MR) is 113 cm³/mol. The van der Waals surface area contributed by atoms with Crippen molar-refractivity contribution in [3.8, 4) is 0 Å². The van der Waals surface area contributed by atoms with Gasteiger partial charge in [-0.1, -0.05) is 0 Å². The Labute approximate surface area is 181 Å². The lowest BCUT2D eigenvalue weighted by Gasteiger charge is -2.42. The smallest absolute Gasteiger partial charge is 0.259 e. The van der Waals surface area contributed by atoms with Gasteiger partial charge in [-0.3, -0.25) is 14.4 Å². The van der Waals surface area contributed by atoms with Crippen molar-refractivity contribution < 1.29 is 23.1 Å². The second-order valence-corrected chi connectivity index (χ2v) is 10.0. The van der Waals surface area contributed by atoms with E-state index in [1.807, 2.05) is 6.92 Å². The third-order valence-electron chi connectivity index (χ3n) is 5.66. The number of sulfonamides is 1. The Kier molecular flexibility index (Phi) is 5.54. The number of hydrogen-bond acceptors (Lipinski definition) is 7. The fourth-order valence-corrected chi connectivity index (χ4v) is 5.15. The van der Waals surface area contributed by atoms with Gasteiger partial charge in [0.2, 0.25) is 16.4 Å². The number of ether oxygens (including phenoxy) is 1. The molecule has 0 spiro atoms. The van der Waals surface area contributed by atoms with E-state index in [1.165, 1.54) is 17.0 Å². The molecule has 168 valence electrons. The lowest BCUT2D eigenvalue weighted by molar-refractivity contribution is -0.00451. The molecule has 10 nitrogen and oxygen atoms in total. The number of aryl methyl sites for hydroxylation is 1. The molecule has 1 aromatic heterocycles. The zero-order chi connectivity index (χ0) is 22.4. The summed E-state index contributed by atoms with van der Waals surface area (Å²) in [4.78, 5) is 16.2. The summed E-state index contributed by atoms with van der Waals surface area (Å²) in [6.07, 6.45) is 3.73. The van der Waals surface area contributed by atoms with E-state index in [-0.39, 0.29) is 17.0 Å². The number of aliphatic hydroxyl groups is 1. The number of nitrogens with one attached hydrogen (secondary N) is 1. The minimum absolute atomic E-state index is 0.0251. The molecule has 1 aliphatic heterocycles. The maximum absolute atomic E-state index is 13.3. The van der Waals surface area contributed by atoms with Crippen molar-refractivity contribution in [1.29, 1.82) is 0 Å². The highest BCUT2D eigenvalue weighted by molar-refractivity contribution is 7.89. The molecule has 4 rings (SSSR count). The van der Waals surface area contributed by atoms with Crippen LogP contribution in [0.2, 0.25) is 0 Å². The Morgan fingerprint density at radius 2 is 2.06 bits per heavy atom. The summed E-state index contributed by atoms with van der Waals surface area (Å²) in [5, 5.41) is 15.1. The van der Waals surface area contributed by atoms with E-state index in [0.717, 1.165) is 18.4 Å². The molecule has 2 heterocycles. The normalized spacial score (nSPS) is 20.1. The summed E-state index contributed by atoms with van der Waals surface area (Å²) in [6.45, 7) is 2.63. The van der Waals surface area contributed by atoms with Gasteiger partial charge in [-0.05, 0) is 38.0 Å². The van der Waals surface area contributed by atoms with E-state index in [1.54, 1.807) is 42.2 Å². The van der Waals surface area contributed by atoms with Gasteiger partial charge in [0, 0.05) is 38.0 Å². The molecule has 1 unspecified atom stereocenters. The topological polar surface area (TPSA) is 117 Å². The third kappa shape index (κ3) is 4.31. The van der Waals surface area contributed by atoms with Crippen LogP contribution in [0.4, 0.5) is 5.69 Å². The van der Waals surface area contributed by atoms with E-state index in [9.17, 15) is 18.3 Å². The lowest BCUT2D eigenvalue weighted by Crippen LogP contribution is -2.55. The van der Waals surface area contributed by atoms with Gasteiger partial charge in [0.15, 0.2) is 0 Å². The number of anilines is 1. The van der Waals surface area contributed by atoms with Crippen LogP contribution in [0.3, 0.4) is 0 Å². The molecule has 2 N–H and O–H groups in total.